The van der Waals surface area contributed by atoms with Crippen molar-refractivity contribution in [2.45, 2.75) is 32.7 Å². The molecule has 1 unspecified atom stereocenters. The zero-order valence-corrected chi connectivity index (χ0v) is 15.2. The molecule has 8 heteroatoms. The first-order chi connectivity index (χ1) is 12.5. The standard InChI is InChI=1S/C18H23N3O5/c1-4-18(14-9-7-13(8-10-14)11-19-26-6-3)16(23)21(17(24)20-18)12-15(22)25-5-2/h7-11H,4-6,12H2,1-3H3,(H,20,24)/b19-11+. The number of hydrogen-bond donors (Lipinski definition) is 1. The van der Waals surface area contributed by atoms with Gasteiger partial charge in [-0.1, -0.05) is 36.3 Å². The molecule has 1 aliphatic heterocycles. The molecule has 1 atom stereocenters. The number of nitrogens with zero attached hydrogens (tertiary/aromatic N) is 2. The van der Waals surface area contributed by atoms with Crippen molar-refractivity contribution in [3.05, 3.63) is 35.4 Å². The molecule has 1 fully saturated rings. The number of rotatable bonds is 8. The summed E-state index contributed by atoms with van der Waals surface area (Å²) in [5.41, 5.74) is 0.242. The summed E-state index contributed by atoms with van der Waals surface area (Å²) in [6.07, 6.45) is 1.91. The quantitative estimate of drug-likeness (QED) is 0.329. The number of hydrogen-bond acceptors (Lipinski definition) is 6. The highest BCUT2D eigenvalue weighted by atomic mass is 16.6. The van der Waals surface area contributed by atoms with Gasteiger partial charge >= 0.3 is 12.0 Å². The van der Waals surface area contributed by atoms with Gasteiger partial charge in [0.1, 0.15) is 18.7 Å². The molecule has 0 saturated carbocycles. The second kappa shape index (κ2) is 8.46. The van der Waals surface area contributed by atoms with Crippen molar-refractivity contribution < 1.29 is 24.0 Å². The third kappa shape index (κ3) is 3.84. The highest BCUT2D eigenvalue weighted by molar-refractivity contribution is 6.09. The number of oxime groups is 1. The van der Waals surface area contributed by atoms with Gasteiger partial charge < -0.3 is 14.9 Å². The van der Waals surface area contributed by atoms with Crippen LogP contribution in [0.1, 0.15) is 38.3 Å². The summed E-state index contributed by atoms with van der Waals surface area (Å²) in [5, 5.41) is 6.52. The van der Waals surface area contributed by atoms with Crippen molar-refractivity contribution in [1.29, 1.82) is 0 Å². The van der Waals surface area contributed by atoms with Crippen LogP contribution in [0.4, 0.5) is 4.79 Å². The maximum absolute atomic E-state index is 12.9. The number of urea groups is 1. The summed E-state index contributed by atoms with van der Waals surface area (Å²) in [5.74, 6) is -1.08. The molecule has 1 N–H and O–H groups in total. The summed E-state index contributed by atoms with van der Waals surface area (Å²) in [6.45, 7) is 5.56. The van der Waals surface area contributed by atoms with E-state index in [4.69, 9.17) is 9.57 Å². The van der Waals surface area contributed by atoms with E-state index in [0.29, 0.717) is 18.6 Å². The molecule has 0 aromatic heterocycles. The molecule has 0 aliphatic carbocycles. The molecule has 140 valence electrons. The Morgan fingerprint density at radius 3 is 2.46 bits per heavy atom. The van der Waals surface area contributed by atoms with E-state index in [0.717, 1.165) is 10.5 Å². The van der Waals surface area contributed by atoms with Crippen molar-refractivity contribution in [1.82, 2.24) is 10.2 Å². The van der Waals surface area contributed by atoms with Crippen LogP contribution < -0.4 is 5.32 Å². The Bertz CT molecular complexity index is 701. The summed E-state index contributed by atoms with van der Waals surface area (Å²) < 4.78 is 4.83. The van der Waals surface area contributed by atoms with Crippen molar-refractivity contribution >= 4 is 24.1 Å². The van der Waals surface area contributed by atoms with Gasteiger partial charge in [-0.2, -0.15) is 0 Å². The predicted octanol–water partition coefficient (Wildman–Crippen LogP) is 1.78. The van der Waals surface area contributed by atoms with E-state index in [9.17, 15) is 14.4 Å². The number of nitrogens with one attached hydrogen (secondary N) is 1. The van der Waals surface area contributed by atoms with Crippen LogP contribution in [-0.2, 0) is 24.7 Å². The molecule has 8 nitrogen and oxygen atoms in total. The van der Waals surface area contributed by atoms with Gasteiger partial charge in [-0.05, 0) is 31.4 Å². The first-order valence-electron chi connectivity index (χ1n) is 8.54. The first kappa shape index (κ1) is 19.4. The third-order valence-electron chi connectivity index (χ3n) is 4.11. The molecule has 0 radical (unpaired) electrons. The van der Waals surface area contributed by atoms with Crippen LogP contribution in [0.3, 0.4) is 0 Å². The Balaban J connectivity index is 2.23. The molecule has 2 rings (SSSR count). The van der Waals surface area contributed by atoms with Crippen molar-refractivity contribution in [3.8, 4) is 0 Å². The molecule has 3 amide bonds. The zero-order valence-electron chi connectivity index (χ0n) is 15.2. The van der Waals surface area contributed by atoms with Crippen LogP contribution in [0.5, 0.6) is 0 Å². The molecular formula is C18H23N3O5. The second-order valence-electron chi connectivity index (χ2n) is 5.66. The second-order valence-corrected chi connectivity index (χ2v) is 5.66. The average molecular weight is 361 g/mol. The van der Waals surface area contributed by atoms with Gasteiger partial charge in [-0.15, -0.1) is 0 Å². The third-order valence-corrected chi connectivity index (χ3v) is 4.11. The van der Waals surface area contributed by atoms with E-state index in [1.165, 1.54) is 0 Å². The Morgan fingerprint density at radius 1 is 1.19 bits per heavy atom. The van der Waals surface area contributed by atoms with Gasteiger partial charge in [-0.25, -0.2) is 4.79 Å². The van der Waals surface area contributed by atoms with Crippen molar-refractivity contribution in [3.63, 3.8) is 0 Å². The summed E-state index contributed by atoms with van der Waals surface area (Å²) >= 11 is 0. The number of amides is 3. The van der Waals surface area contributed by atoms with Crippen LogP contribution >= 0.6 is 0 Å². The van der Waals surface area contributed by atoms with Gasteiger partial charge in [-0.3, -0.25) is 14.5 Å². The molecule has 0 bridgehead atoms. The fourth-order valence-corrected chi connectivity index (χ4v) is 2.77. The average Bonchev–Trinajstić information content (AvgIpc) is 2.88. The molecule has 1 aromatic carbocycles. The van der Waals surface area contributed by atoms with E-state index in [1.807, 2.05) is 6.92 Å². The van der Waals surface area contributed by atoms with Crippen LogP contribution in [0, 0.1) is 0 Å². The summed E-state index contributed by atoms with van der Waals surface area (Å²) in [4.78, 5) is 42.6. The molecule has 0 spiro atoms. The summed E-state index contributed by atoms with van der Waals surface area (Å²) in [6, 6.07) is 6.46. The van der Waals surface area contributed by atoms with E-state index in [-0.39, 0.29) is 6.61 Å². The lowest BCUT2D eigenvalue weighted by molar-refractivity contribution is -0.147. The van der Waals surface area contributed by atoms with Gasteiger partial charge in [0, 0.05) is 0 Å². The van der Waals surface area contributed by atoms with Gasteiger partial charge in [0.25, 0.3) is 5.91 Å². The Morgan fingerprint density at radius 2 is 1.88 bits per heavy atom. The Kier molecular flexibility index (Phi) is 6.32. The molecular weight excluding hydrogens is 338 g/mol. The van der Waals surface area contributed by atoms with Gasteiger partial charge in [0.2, 0.25) is 0 Å². The molecule has 1 aromatic rings. The molecule has 1 heterocycles. The normalized spacial score (nSPS) is 19.7. The van der Waals surface area contributed by atoms with E-state index < -0.39 is 30.0 Å². The first-order valence-corrected chi connectivity index (χ1v) is 8.54. The minimum absolute atomic E-state index is 0.187. The number of carbonyl (C=O) groups is 3. The fraction of sp³-hybridized carbons (Fsp3) is 0.444. The van der Waals surface area contributed by atoms with Crippen molar-refractivity contribution in [2.75, 3.05) is 19.8 Å². The molecule has 1 aliphatic rings. The largest absolute Gasteiger partial charge is 0.465 e. The molecule has 1 saturated heterocycles. The van der Waals surface area contributed by atoms with Gasteiger partial charge in [0.15, 0.2) is 0 Å². The van der Waals surface area contributed by atoms with Crippen LogP contribution in [0.2, 0.25) is 0 Å². The topological polar surface area (TPSA) is 97.3 Å². The van der Waals surface area contributed by atoms with Crippen LogP contribution in [-0.4, -0.2) is 48.8 Å². The van der Waals surface area contributed by atoms with E-state index in [1.54, 1.807) is 44.3 Å². The van der Waals surface area contributed by atoms with Crippen molar-refractivity contribution in [2.24, 2.45) is 5.16 Å². The van der Waals surface area contributed by atoms with E-state index in [2.05, 4.69) is 10.5 Å². The predicted molar refractivity (Wildman–Crippen MR) is 94.5 cm³/mol. The number of esters is 1. The lowest BCUT2D eigenvalue weighted by Crippen LogP contribution is -2.44. The summed E-state index contributed by atoms with van der Waals surface area (Å²) in [7, 11) is 0. The number of carbonyl (C=O) groups excluding carboxylic acids is 3. The maximum atomic E-state index is 12.9. The Labute approximate surface area is 152 Å². The lowest BCUT2D eigenvalue weighted by atomic mass is 9.86. The van der Waals surface area contributed by atoms with E-state index >= 15 is 0 Å². The highest BCUT2D eigenvalue weighted by Crippen LogP contribution is 2.32. The molecule has 26 heavy (non-hydrogen) atoms. The highest BCUT2D eigenvalue weighted by Gasteiger charge is 2.51. The minimum atomic E-state index is -1.20. The van der Waals surface area contributed by atoms with Crippen LogP contribution in [0.15, 0.2) is 29.4 Å². The maximum Gasteiger partial charge on any atom is 0.326 e. The van der Waals surface area contributed by atoms with Gasteiger partial charge in [0.05, 0.1) is 12.8 Å². The number of ether oxygens (including phenoxy) is 1. The Hall–Kier alpha value is -2.90. The lowest BCUT2D eigenvalue weighted by Gasteiger charge is -2.25. The number of imide groups is 1. The fourth-order valence-electron chi connectivity index (χ4n) is 2.77. The SMILES string of the molecule is CCO/N=C/c1ccc(C2(CC)NC(=O)N(CC(=O)OCC)C2=O)cc1. The minimum Gasteiger partial charge on any atom is -0.465 e. The van der Waals surface area contributed by atoms with Crippen LogP contribution in [0.25, 0.3) is 0 Å². The zero-order chi connectivity index (χ0) is 19.2. The number of benzene rings is 1. The monoisotopic (exact) mass is 361 g/mol. The smallest absolute Gasteiger partial charge is 0.326 e.